The highest BCUT2D eigenvalue weighted by Gasteiger charge is 2.17. The molecule has 1 amide bonds. The number of ether oxygens (including phenoxy) is 2. The highest BCUT2D eigenvalue weighted by Crippen LogP contribution is 2.29. The lowest BCUT2D eigenvalue weighted by atomic mass is 10.1. The predicted octanol–water partition coefficient (Wildman–Crippen LogP) is 5.43. The molecule has 0 aliphatic heterocycles. The molecule has 4 rings (SSSR count). The molecule has 10 heteroatoms. The minimum atomic E-state index is -3.79. The summed E-state index contributed by atoms with van der Waals surface area (Å²) in [4.78, 5) is 24.8. The summed E-state index contributed by atoms with van der Waals surface area (Å²) in [5.41, 5.74) is 3.68. The van der Waals surface area contributed by atoms with E-state index in [4.69, 9.17) is 9.47 Å². The summed E-state index contributed by atoms with van der Waals surface area (Å²) in [6.45, 7) is 5.33. The first-order valence-corrected chi connectivity index (χ1v) is 13.6. The fraction of sp³-hybridized carbons (Fsp3) is 0.185. The molecule has 0 atom stereocenters. The van der Waals surface area contributed by atoms with Gasteiger partial charge < -0.3 is 14.8 Å². The second-order valence-electron chi connectivity index (χ2n) is 8.52. The largest absolute Gasteiger partial charge is 0.483 e. The van der Waals surface area contributed by atoms with E-state index in [-0.39, 0.29) is 17.4 Å². The Morgan fingerprint density at radius 3 is 2.32 bits per heavy atom. The molecule has 0 saturated carbocycles. The molecule has 0 saturated heterocycles. The van der Waals surface area contributed by atoms with Crippen molar-refractivity contribution >= 4 is 54.7 Å². The number of aryl methyl sites for hydroxylation is 3. The summed E-state index contributed by atoms with van der Waals surface area (Å²) in [5, 5.41) is 3.58. The third-order valence-corrected chi connectivity index (χ3v) is 8.24. The van der Waals surface area contributed by atoms with Crippen molar-refractivity contribution < 1.29 is 27.5 Å². The lowest BCUT2D eigenvalue weighted by molar-refractivity contribution is -0.118. The van der Waals surface area contributed by atoms with Crippen molar-refractivity contribution in [1.82, 2.24) is 0 Å². The van der Waals surface area contributed by atoms with E-state index in [1.807, 2.05) is 26.0 Å². The predicted molar refractivity (Wildman–Crippen MR) is 145 cm³/mol. The Bertz CT molecular complexity index is 1610. The van der Waals surface area contributed by atoms with Gasteiger partial charge in [0.05, 0.1) is 12.0 Å². The van der Waals surface area contributed by atoms with E-state index in [0.717, 1.165) is 21.2 Å². The van der Waals surface area contributed by atoms with Crippen LogP contribution in [0.5, 0.6) is 5.75 Å². The number of sulfonamides is 1. The van der Waals surface area contributed by atoms with E-state index in [1.54, 1.807) is 37.3 Å². The summed E-state index contributed by atoms with van der Waals surface area (Å²) in [5.74, 6) is -0.387. The first-order chi connectivity index (χ1) is 17.6. The highest BCUT2D eigenvalue weighted by molar-refractivity contribution is 7.92. The number of fused-ring (bicyclic) bond motifs is 1. The van der Waals surface area contributed by atoms with E-state index in [2.05, 4.69) is 10.0 Å². The van der Waals surface area contributed by atoms with Crippen LogP contribution in [0.3, 0.4) is 0 Å². The SMILES string of the molecule is COC(=O)c1cc2cc(NC(=O)COc3ccc(S(=O)(=O)Nc4ccc(C)c(C)c4)cc3C)ccc2s1. The number of amides is 1. The normalized spacial score (nSPS) is 11.2. The third-order valence-electron chi connectivity index (χ3n) is 5.76. The van der Waals surface area contributed by atoms with Crippen LogP contribution >= 0.6 is 11.3 Å². The van der Waals surface area contributed by atoms with Gasteiger partial charge in [0.2, 0.25) is 0 Å². The van der Waals surface area contributed by atoms with Gasteiger partial charge in [-0.05, 0) is 97.4 Å². The van der Waals surface area contributed by atoms with Gasteiger partial charge in [-0.1, -0.05) is 6.07 Å². The number of hydrogen-bond acceptors (Lipinski definition) is 7. The van der Waals surface area contributed by atoms with Gasteiger partial charge in [0.15, 0.2) is 6.61 Å². The van der Waals surface area contributed by atoms with Crippen molar-refractivity contribution in [2.24, 2.45) is 0 Å². The van der Waals surface area contributed by atoms with Crippen molar-refractivity contribution in [3.63, 3.8) is 0 Å². The van der Waals surface area contributed by atoms with Gasteiger partial charge in [-0.2, -0.15) is 0 Å². The van der Waals surface area contributed by atoms with E-state index in [0.29, 0.717) is 27.6 Å². The molecular formula is C27H26N2O6S2. The van der Waals surface area contributed by atoms with E-state index < -0.39 is 16.0 Å². The van der Waals surface area contributed by atoms with Gasteiger partial charge in [0, 0.05) is 16.1 Å². The van der Waals surface area contributed by atoms with Crippen molar-refractivity contribution in [2.45, 2.75) is 25.7 Å². The molecule has 0 radical (unpaired) electrons. The standard InChI is InChI=1S/C27H26N2O6S2/c1-16-5-6-21(11-17(16)2)29-37(32,33)22-8-9-23(18(3)12-22)35-15-26(30)28-20-7-10-24-19(13-20)14-25(36-24)27(31)34-4/h5-14,29H,15H2,1-4H3,(H,28,30). The number of carbonyl (C=O) groups excluding carboxylic acids is 2. The maximum atomic E-state index is 12.8. The van der Waals surface area contributed by atoms with Crippen LogP contribution < -0.4 is 14.8 Å². The summed E-state index contributed by atoms with van der Waals surface area (Å²) < 4.78 is 39.6. The second kappa shape index (κ2) is 10.6. The smallest absolute Gasteiger partial charge is 0.348 e. The van der Waals surface area contributed by atoms with Gasteiger partial charge >= 0.3 is 5.97 Å². The summed E-state index contributed by atoms with van der Waals surface area (Å²) in [6, 6.07) is 16.9. The molecule has 2 N–H and O–H groups in total. The van der Waals surface area contributed by atoms with Crippen molar-refractivity contribution in [3.8, 4) is 5.75 Å². The molecule has 0 unspecified atom stereocenters. The maximum absolute atomic E-state index is 12.8. The van der Waals surface area contributed by atoms with Crippen LogP contribution in [0.25, 0.3) is 10.1 Å². The van der Waals surface area contributed by atoms with Crippen LogP contribution in [0.15, 0.2) is 65.6 Å². The first-order valence-electron chi connectivity index (χ1n) is 11.3. The number of benzene rings is 3. The average molecular weight is 539 g/mol. The molecule has 8 nitrogen and oxygen atoms in total. The zero-order valence-electron chi connectivity index (χ0n) is 20.7. The number of thiophene rings is 1. The van der Waals surface area contributed by atoms with E-state index in [1.165, 1.54) is 36.6 Å². The van der Waals surface area contributed by atoms with Crippen LogP contribution in [-0.4, -0.2) is 34.0 Å². The van der Waals surface area contributed by atoms with Crippen molar-refractivity contribution in [1.29, 1.82) is 0 Å². The molecule has 1 aromatic heterocycles. The Hall–Kier alpha value is -3.89. The number of hydrogen-bond donors (Lipinski definition) is 2. The molecule has 1 heterocycles. The van der Waals surface area contributed by atoms with Gasteiger partial charge in [-0.15, -0.1) is 11.3 Å². The van der Waals surface area contributed by atoms with E-state index >= 15 is 0 Å². The Morgan fingerprint density at radius 1 is 0.865 bits per heavy atom. The molecule has 0 aliphatic carbocycles. The Kier molecular flexibility index (Phi) is 7.51. The van der Waals surface area contributed by atoms with Gasteiger partial charge in [0.1, 0.15) is 10.6 Å². The van der Waals surface area contributed by atoms with Crippen molar-refractivity contribution in [2.75, 3.05) is 23.8 Å². The third kappa shape index (κ3) is 6.10. The van der Waals surface area contributed by atoms with Crippen molar-refractivity contribution in [3.05, 3.63) is 82.2 Å². The lowest BCUT2D eigenvalue weighted by Gasteiger charge is -2.13. The quantitative estimate of drug-likeness (QED) is 0.289. The fourth-order valence-corrected chi connectivity index (χ4v) is 5.73. The first kappa shape index (κ1) is 26.2. The van der Waals surface area contributed by atoms with Gasteiger partial charge in [0.25, 0.3) is 15.9 Å². The summed E-state index contributed by atoms with van der Waals surface area (Å²) in [6.07, 6.45) is 0. The molecule has 0 spiro atoms. The summed E-state index contributed by atoms with van der Waals surface area (Å²) >= 11 is 1.31. The van der Waals surface area contributed by atoms with Crippen LogP contribution in [0, 0.1) is 20.8 Å². The molecule has 0 aliphatic rings. The number of esters is 1. The van der Waals surface area contributed by atoms with Gasteiger partial charge in [-0.3, -0.25) is 9.52 Å². The van der Waals surface area contributed by atoms with Crippen LogP contribution in [0.2, 0.25) is 0 Å². The number of carbonyl (C=O) groups is 2. The lowest BCUT2D eigenvalue weighted by Crippen LogP contribution is -2.20. The van der Waals surface area contributed by atoms with Crippen LogP contribution in [0.4, 0.5) is 11.4 Å². The number of anilines is 2. The Morgan fingerprint density at radius 2 is 1.62 bits per heavy atom. The number of nitrogens with one attached hydrogen (secondary N) is 2. The number of rotatable bonds is 8. The average Bonchev–Trinajstić information content (AvgIpc) is 3.28. The van der Waals surface area contributed by atoms with Crippen LogP contribution in [0.1, 0.15) is 26.4 Å². The van der Waals surface area contributed by atoms with Gasteiger partial charge in [-0.25, -0.2) is 13.2 Å². The molecule has 37 heavy (non-hydrogen) atoms. The zero-order chi connectivity index (χ0) is 26.7. The molecule has 192 valence electrons. The fourth-order valence-electron chi connectivity index (χ4n) is 3.63. The summed E-state index contributed by atoms with van der Waals surface area (Å²) in [7, 11) is -2.46. The molecule has 4 aromatic rings. The molecule has 0 bridgehead atoms. The topological polar surface area (TPSA) is 111 Å². The molecular weight excluding hydrogens is 512 g/mol. The minimum Gasteiger partial charge on any atom is -0.483 e. The monoisotopic (exact) mass is 538 g/mol. The maximum Gasteiger partial charge on any atom is 0.348 e. The number of methoxy groups -OCH3 is 1. The Balaban J connectivity index is 1.39. The highest BCUT2D eigenvalue weighted by atomic mass is 32.2. The van der Waals surface area contributed by atoms with E-state index in [9.17, 15) is 18.0 Å². The second-order valence-corrected chi connectivity index (χ2v) is 11.3. The molecule has 0 fully saturated rings. The van der Waals surface area contributed by atoms with Crippen LogP contribution in [-0.2, 0) is 19.6 Å². The minimum absolute atomic E-state index is 0.0930. The Labute approximate surface area is 219 Å². The molecule has 3 aromatic carbocycles. The zero-order valence-corrected chi connectivity index (χ0v) is 22.4.